The van der Waals surface area contributed by atoms with E-state index in [1.165, 1.54) is 25.3 Å². The molecule has 0 bridgehead atoms. The second-order valence-electron chi connectivity index (χ2n) is 6.21. The zero-order chi connectivity index (χ0) is 21.0. The number of hydrogen-bond donors (Lipinski definition) is 2. The number of para-hydroxylation sites is 1. The molecule has 0 aromatic heterocycles. The Labute approximate surface area is 167 Å². The van der Waals surface area contributed by atoms with Crippen LogP contribution in [0.15, 0.2) is 48.2 Å². The molecule has 8 heteroatoms. The first-order chi connectivity index (χ1) is 13.9. The third kappa shape index (κ3) is 4.21. The number of carbonyl (C=O) groups is 3. The number of carboxylic acids is 1. The summed E-state index contributed by atoms with van der Waals surface area (Å²) in [6.45, 7) is 2.08. The van der Waals surface area contributed by atoms with Crippen molar-refractivity contribution in [3.05, 3.63) is 64.9 Å². The van der Waals surface area contributed by atoms with Crippen LogP contribution in [0.5, 0.6) is 11.5 Å². The molecule has 29 heavy (non-hydrogen) atoms. The summed E-state index contributed by atoms with van der Waals surface area (Å²) in [5, 5.41) is 11.7. The van der Waals surface area contributed by atoms with Gasteiger partial charge in [0, 0.05) is 12.1 Å². The highest BCUT2D eigenvalue weighted by molar-refractivity contribution is 6.14. The van der Waals surface area contributed by atoms with Crippen LogP contribution in [0.1, 0.15) is 28.4 Å². The van der Waals surface area contributed by atoms with E-state index < -0.39 is 17.9 Å². The smallest absolute Gasteiger partial charge is 0.335 e. The zero-order valence-corrected chi connectivity index (χ0v) is 16.0. The molecule has 1 fully saturated rings. The maximum absolute atomic E-state index is 12.3. The minimum atomic E-state index is -1.02. The lowest BCUT2D eigenvalue weighted by Crippen LogP contribution is -2.30. The van der Waals surface area contributed by atoms with Crippen LogP contribution in [0.3, 0.4) is 0 Å². The van der Waals surface area contributed by atoms with Gasteiger partial charge in [-0.3, -0.25) is 9.69 Å². The fourth-order valence-corrected chi connectivity index (χ4v) is 2.93. The number of nitrogens with zero attached hydrogens (tertiary/aromatic N) is 1. The Morgan fingerprint density at radius 3 is 2.62 bits per heavy atom. The number of rotatable bonds is 7. The summed E-state index contributed by atoms with van der Waals surface area (Å²) >= 11 is 0. The third-order valence-electron chi connectivity index (χ3n) is 4.36. The average molecular weight is 396 g/mol. The normalized spacial score (nSPS) is 14.8. The number of likely N-dealkylation sites (N-methyl/N-ethyl adjacent to an activating group) is 1. The molecule has 0 aliphatic carbocycles. The molecule has 150 valence electrons. The Bertz CT molecular complexity index is 998. The van der Waals surface area contributed by atoms with Crippen molar-refractivity contribution in [3.63, 3.8) is 0 Å². The molecule has 2 N–H and O–H groups in total. The van der Waals surface area contributed by atoms with Crippen molar-refractivity contribution in [3.8, 4) is 11.5 Å². The number of urea groups is 1. The number of ether oxygens (including phenoxy) is 2. The minimum Gasteiger partial charge on any atom is -0.493 e. The molecular formula is C21H20N2O6. The van der Waals surface area contributed by atoms with E-state index in [1.807, 2.05) is 0 Å². The highest BCUT2D eigenvalue weighted by Gasteiger charge is 2.32. The monoisotopic (exact) mass is 396 g/mol. The molecule has 1 heterocycles. The predicted molar refractivity (Wildman–Crippen MR) is 105 cm³/mol. The van der Waals surface area contributed by atoms with Crippen LogP contribution in [-0.2, 0) is 11.4 Å². The van der Waals surface area contributed by atoms with E-state index in [9.17, 15) is 14.4 Å². The maximum Gasteiger partial charge on any atom is 0.335 e. The summed E-state index contributed by atoms with van der Waals surface area (Å²) < 4.78 is 11.3. The average Bonchev–Trinajstić information content (AvgIpc) is 2.99. The molecule has 2 aromatic carbocycles. The standard InChI is InChI=1S/C21H20N2O6/c1-3-23-19(24)16(22-21(23)27)11-14-7-5-9-17(28-2)18(14)29-12-13-6-4-8-15(10-13)20(25)26/h4-11H,3,12H2,1-2H3,(H,22,27)(H,25,26)/b16-11+. The van der Waals surface area contributed by atoms with Crippen molar-refractivity contribution in [2.45, 2.75) is 13.5 Å². The molecule has 0 radical (unpaired) electrons. The number of imide groups is 1. The highest BCUT2D eigenvalue weighted by atomic mass is 16.5. The number of aromatic carboxylic acids is 1. The van der Waals surface area contributed by atoms with Crippen molar-refractivity contribution in [1.29, 1.82) is 0 Å². The van der Waals surface area contributed by atoms with Gasteiger partial charge in [0.25, 0.3) is 5.91 Å². The molecule has 3 amide bonds. The number of benzene rings is 2. The van der Waals surface area contributed by atoms with E-state index >= 15 is 0 Å². The van der Waals surface area contributed by atoms with Crippen LogP contribution in [0.25, 0.3) is 6.08 Å². The summed E-state index contributed by atoms with van der Waals surface area (Å²) in [4.78, 5) is 36.5. The van der Waals surface area contributed by atoms with E-state index in [4.69, 9.17) is 14.6 Å². The maximum atomic E-state index is 12.3. The van der Waals surface area contributed by atoms with Gasteiger partial charge >= 0.3 is 12.0 Å². The molecular weight excluding hydrogens is 376 g/mol. The van der Waals surface area contributed by atoms with Gasteiger partial charge in [-0.15, -0.1) is 0 Å². The number of carbonyl (C=O) groups excluding carboxylic acids is 2. The van der Waals surface area contributed by atoms with Crippen molar-refractivity contribution in [2.75, 3.05) is 13.7 Å². The van der Waals surface area contributed by atoms with Crippen LogP contribution in [0.2, 0.25) is 0 Å². The highest BCUT2D eigenvalue weighted by Crippen LogP contribution is 2.33. The van der Waals surface area contributed by atoms with Crippen LogP contribution < -0.4 is 14.8 Å². The lowest BCUT2D eigenvalue weighted by atomic mass is 10.1. The van der Waals surface area contributed by atoms with Crippen LogP contribution in [0.4, 0.5) is 4.79 Å². The van der Waals surface area contributed by atoms with Crippen molar-refractivity contribution < 1.29 is 29.0 Å². The van der Waals surface area contributed by atoms with Crippen molar-refractivity contribution >= 4 is 24.0 Å². The molecule has 1 aliphatic heterocycles. The quantitative estimate of drug-likeness (QED) is 0.551. The van der Waals surface area contributed by atoms with Gasteiger partial charge < -0.3 is 19.9 Å². The number of amides is 3. The number of hydrogen-bond acceptors (Lipinski definition) is 5. The molecule has 0 unspecified atom stereocenters. The molecule has 0 spiro atoms. The Balaban J connectivity index is 1.90. The van der Waals surface area contributed by atoms with Gasteiger partial charge in [-0.05, 0) is 36.8 Å². The van der Waals surface area contributed by atoms with E-state index in [0.717, 1.165) is 4.90 Å². The molecule has 8 nitrogen and oxygen atoms in total. The van der Waals surface area contributed by atoms with Crippen LogP contribution >= 0.6 is 0 Å². The topological polar surface area (TPSA) is 105 Å². The summed E-state index contributed by atoms with van der Waals surface area (Å²) in [5.74, 6) is -0.621. The summed E-state index contributed by atoms with van der Waals surface area (Å²) in [5.41, 5.74) is 1.51. The first-order valence-corrected chi connectivity index (χ1v) is 8.91. The van der Waals surface area contributed by atoms with Gasteiger partial charge in [0.2, 0.25) is 0 Å². The Hall–Kier alpha value is -3.81. The molecule has 0 saturated carbocycles. The van der Waals surface area contributed by atoms with E-state index in [2.05, 4.69) is 5.32 Å². The van der Waals surface area contributed by atoms with Gasteiger partial charge in [0.15, 0.2) is 11.5 Å². The summed E-state index contributed by atoms with van der Waals surface area (Å²) in [7, 11) is 1.49. The van der Waals surface area contributed by atoms with Gasteiger partial charge in [-0.1, -0.05) is 24.3 Å². The second-order valence-corrected chi connectivity index (χ2v) is 6.21. The fraction of sp³-hybridized carbons (Fsp3) is 0.190. The largest absolute Gasteiger partial charge is 0.493 e. The number of nitrogens with one attached hydrogen (secondary N) is 1. The van der Waals surface area contributed by atoms with E-state index in [1.54, 1.807) is 37.3 Å². The fourth-order valence-electron chi connectivity index (χ4n) is 2.93. The zero-order valence-electron chi connectivity index (χ0n) is 16.0. The first kappa shape index (κ1) is 19.9. The predicted octanol–water partition coefficient (Wildman–Crippen LogP) is 2.89. The molecule has 3 rings (SSSR count). The summed E-state index contributed by atoms with van der Waals surface area (Å²) in [6.07, 6.45) is 1.53. The number of carboxylic acid groups (broad SMARTS) is 1. The van der Waals surface area contributed by atoms with Crippen molar-refractivity contribution in [1.82, 2.24) is 10.2 Å². The third-order valence-corrected chi connectivity index (χ3v) is 4.36. The molecule has 1 saturated heterocycles. The lowest BCUT2D eigenvalue weighted by molar-refractivity contribution is -0.122. The van der Waals surface area contributed by atoms with Gasteiger partial charge in [-0.2, -0.15) is 0 Å². The van der Waals surface area contributed by atoms with Gasteiger partial charge in [-0.25, -0.2) is 9.59 Å². The van der Waals surface area contributed by atoms with Gasteiger partial charge in [0.1, 0.15) is 12.3 Å². The molecule has 0 atom stereocenters. The Morgan fingerprint density at radius 1 is 1.21 bits per heavy atom. The first-order valence-electron chi connectivity index (χ1n) is 8.91. The van der Waals surface area contributed by atoms with Crippen LogP contribution in [0, 0.1) is 0 Å². The summed E-state index contributed by atoms with van der Waals surface area (Å²) in [6, 6.07) is 11.1. The Kier molecular flexibility index (Phi) is 5.82. The molecule has 1 aliphatic rings. The van der Waals surface area contributed by atoms with Gasteiger partial charge in [0.05, 0.1) is 12.7 Å². The number of methoxy groups -OCH3 is 1. The van der Waals surface area contributed by atoms with Crippen LogP contribution in [-0.4, -0.2) is 41.6 Å². The van der Waals surface area contributed by atoms with E-state index in [-0.39, 0.29) is 24.4 Å². The Morgan fingerprint density at radius 2 is 1.97 bits per heavy atom. The van der Waals surface area contributed by atoms with E-state index in [0.29, 0.717) is 22.6 Å². The lowest BCUT2D eigenvalue weighted by Gasteiger charge is -2.14. The minimum absolute atomic E-state index is 0.0963. The molecule has 2 aromatic rings. The van der Waals surface area contributed by atoms with Crippen molar-refractivity contribution in [2.24, 2.45) is 0 Å². The second kappa shape index (κ2) is 8.47. The SMILES string of the molecule is CCN1C(=O)N/C(=C/c2cccc(OC)c2OCc2cccc(C(=O)O)c2)C1=O.